The first kappa shape index (κ1) is 20.8. The quantitative estimate of drug-likeness (QED) is 0.748. The largest absolute Gasteiger partial charge is 0.352 e. The minimum absolute atomic E-state index is 0.0909. The van der Waals surface area contributed by atoms with Crippen LogP contribution in [0, 0.1) is 0 Å². The molecule has 0 saturated carbocycles. The number of amides is 2. The standard InChI is InChI=1S/C23H35N3O2/c27-22(14-18-26-17-6-2-5-13-23(26)28)24-21-12-8-16-25(19-21)15-7-11-20-9-3-1-4-10-20/h1,3-4,9-10,21H,2,5-8,11-19H2,(H,24,27)/t21-/m0/s1. The van der Waals surface area contributed by atoms with E-state index >= 15 is 0 Å². The predicted octanol–water partition coefficient (Wildman–Crippen LogP) is 2.99. The van der Waals surface area contributed by atoms with Crippen LogP contribution < -0.4 is 5.32 Å². The summed E-state index contributed by atoms with van der Waals surface area (Å²) in [6.45, 7) is 4.54. The Balaban J connectivity index is 1.34. The molecule has 1 aromatic carbocycles. The lowest BCUT2D eigenvalue weighted by molar-refractivity contribution is -0.131. The fourth-order valence-electron chi connectivity index (χ4n) is 4.34. The number of likely N-dealkylation sites (tertiary alicyclic amines) is 2. The highest BCUT2D eigenvalue weighted by atomic mass is 16.2. The molecule has 1 atom stereocenters. The number of hydrogen-bond donors (Lipinski definition) is 1. The van der Waals surface area contributed by atoms with Crippen LogP contribution in [0.3, 0.4) is 0 Å². The number of benzene rings is 1. The Labute approximate surface area is 169 Å². The average molecular weight is 386 g/mol. The molecule has 2 heterocycles. The van der Waals surface area contributed by atoms with Gasteiger partial charge in [0, 0.05) is 38.5 Å². The van der Waals surface area contributed by atoms with Gasteiger partial charge in [0.25, 0.3) is 0 Å². The number of carbonyl (C=O) groups excluding carboxylic acids is 2. The summed E-state index contributed by atoms with van der Waals surface area (Å²) < 4.78 is 0. The molecule has 0 spiro atoms. The number of piperidine rings is 1. The van der Waals surface area contributed by atoms with E-state index < -0.39 is 0 Å². The normalized spacial score (nSPS) is 21.4. The van der Waals surface area contributed by atoms with Crippen LogP contribution in [0.1, 0.15) is 56.9 Å². The average Bonchev–Trinajstić information content (AvgIpc) is 2.91. The van der Waals surface area contributed by atoms with Crippen LogP contribution in [0.4, 0.5) is 0 Å². The van der Waals surface area contributed by atoms with Gasteiger partial charge in [0.1, 0.15) is 0 Å². The fraction of sp³-hybridized carbons (Fsp3) is 0.652. The Kier molecular flexibility index (Phi) is 8.34. The molecule has 1 N–H and O–H groups in total. The molecule has 2 aliphatic heterocycles. The van der Waals surface area contributed by atoms with Crippen molar-refractivity contribution in [1.29, 1.82) is 0 Å². The molecule has 0 aliphatic carbocycles. The van der Waals surface area contributed by atoms with Crippen molar-refractivity contribution in [2.75, 3.05) is 32.7 Å². The lowest BCUT2D eigenvalue weighted by atomic mass is 10.0. The van der Waals surface area contributed by atoms with Crippen LogP contribution in [-0.4, -0.2) is 60.4 Å². The maximum atomic E-state index is 12.4. The summed E-state index contributed by atoms with van der Waals surface area (Å²) in [5.74, 6) is 0.306. The minimum atomic E-state index is 0.0909. The molecule has 2 amide bonds. The zero-order chi connectivity index (χ0) is 19.6. The van der Waals surface area contributed by atoms with Gasteiger partial charge in [-0.25, -0.2) is 0 Å². The van der Waals surface area contributed by atoms with Crippen LogP contribution in [0.2, 0.25) is 0 Å². The minimum Gasteiger partial charge on any atom is -0.352 e. The maximum Gasteiger partial charge on any atom is 0.222 e. The van der Waals surface area contributed by atoms with Gasteiger partial charge in [0.15, 0.2) is 0 Å². The highest BCUT2D eigenvalue weighted by Crippen LogP contribution is 2.13. The maximum absolute atomic E-state index is 12.4. The van der Waals surface area contributed by atoms with Crippen LogP contribution in [-0.2, 0) is 16.0 Å². The van der Waals surface area contributed by atoms with Crippen LogP contribution in [0.25, 0.3) is 0 Å². The number of nitrogens with zero attached hydrogens (tertiary/aromatic N) is 2. The molecule has 5 heteroatoms. The number of hydrogen-bond acceptors (Lipinski definition) is 3. The first-order valence-electron chi connectivity index (χ1n) is 11.0. The molecule has 0 bridgehead atoms. The van der Waals surface area contributed by atoms with Gasteiger partial charge >= 0.3 is 0 Å². The van der Waals surface area contributed by atoms with Crippen molar-refractivity contribution >= 4 is 11.8 Å². The molecule has 2 saturated heterocycles. The summed E-state index contributed by atoms with van der Waals surface area (Å²) in [7, 11) is 0. The van der Waals surface area contributed by atoms with E-state index in [1.165, 1.54) is 5.56 Å². The second-order valence-electron chi connectivity index (χ2n) is 8.24. The molecular weight excluding hydrogens is 350 g/mol. The second-order valence-corrected chi connectivity index (χ2v) is 8.24. The first-order chi connectivity index (χ1) is 13.7. The van der Waals surface area contributed by atoms with Crippen molar-refractivity contribution in [3.8, 4) is 0 Å². The molecule has 154 valence electrons. The molecule has 2 fully saturated rings. The van der Waals surface area contributed by atoms with Gasteiger partial charge in [-0.2, -0.15) is 0 Å². The van der Waals surface area contributed by atoms with E-state index in [4.69, 9.17) is 0 Å². The molecule has 3 rings (SSSR count). The van der Waals surface area contributed by atoms with Crippen molar-refractivity contribution < 1.29 is 9.59 Å². The fourth-order valence-corrected chi connectivity index (χ4v) is 4.34. The van der Waals surface area contributed by atoms with E-state index in [0.717, 1.165) is 71.1 Å². The molecule has 0 aromatic heterocycles. The lowest BCUT2D eigenvalue weighted by Gasteiger charge is -2.33. The third kappa shape index (κ3) is 6.93. The highest BCUT2D eigenvalue weighted by Gasteiger charge is 2.22. The van der Waals surface area contributed by atoms with E-state index in [2.05, 4.69) is 40.5 Å². The zero-order valence-corrected chi connectivity index (χ0v) is 17.1. The van der Waals surface area contributed by atoms with E-state index in [0.29, 0.717) is 19.4 Å². The molecule has 28 heavy (non-hydrogen) atoms. The summed E-state index contributed by atoms with van der Waals surface area (Å²) in [5.41, 5.74) is 1.40. The summed E-state index contributed by atoms with van der Waals surface area (Å²) in [6, 6.07) is 10.9. The number of nitrogens with one attached hydrogen (secondary N) is 1. The highest BCUT2D eigenvalue weighted by molar-refractivity contribution is 5.79. The van der Waals surface area contributed by atoms with Crippen LogP contribution in [0.5, 0.6) is 0 Å². The third-order valence-electron chi connectivity index (χ3n) is 5.93. The summed E-state index contributed by atoms with van der Waals surface area (Å²) in [4.78, 5) is 28.8. The van der Waals surface area contributed by atoms with Gasteiger partial charge in [-0.3, -0.25) is 9.59 Å². The van der Waals surface area contributed by atoms with Crippen LogP contribution in [0.15, 0.2) is 30.3 Å². The molecule has 5 nitrogen and oxygen atoms in total. The number of carbonyl (C=O) groups is 2. The SMILES string of the molecule is O=C(CCN1CCCCCC1=O)N[C@H]1CCCN(CCCc2ccccc2)C1. The van der Waals surface area contributed by atoms with Gasteiger partial charge in [0.05, 0.1) is 0 Å². The van der Waals surface area contributed by atoms with E-state index in [1.54, 1.807) is 0 Å². The Morgan fingerprint density at radius 3 is 2.75 bits per heavy atom. The Bertz CT molecular complexity index is 620. The number of rotatable bonds is 8. The van der Waals surface area contributed by atoms with Gasteiger partial charge < -0.3 is 15.1 Å². The predicted molar refractivity (Wildman–Crippen MR) is 112 cm³/mol. The Hall–Kier alpha value is -1.88. The van der Waals surface area contributed by atoms with Gasteiger partial charge in [0.2, 0.25) is 11.8 Å². The smallest absolute Gasteiger partial charge is 0.222 e. The van der Waals surface area contributed by atoms with E-state index in [-0.39, 0.29) is 17.9 Å². The first-order valence-corrected chi connectivity index (χ1v) is 11.0. The second kappa shape index (κ2) is 11.2. The van der Waals surface area contributed by atoms with E-state index in [9.17, 15) is 9.59 Å². The monoisotopic (exact) mass is 385 g/mol. The molecule has 1 aromatic rings. The lowest BCUT2D eigenvalue weighted by Crippen LogP contribution is -2.48. The van der Waals surface area contributed by atoms with Crippen molar-refractivity contribution in [3.63, 3.8) is 0 Å². The molecule has 2 aliphatic rings. The van der Waals surface area contributed by atoms with Crippen molar-refractivity contribution in [3.05, 3.63) is 35.9 Å². The zero-order valence-electron chi connectivity index (χ0n) is 17.1. The van der Waals surface area contributed by atoms with Gasteiger partial charge in [-0.15, -0.1) is 0 Å². The summed E-state index contributed by atoms with van der Waals surface area (Å²) in [5, 5.41) is 3.21. The van der Waals surface area contributed by atoms with Gasteiger partial charge in [-0.1, -0.05) is 36.8 Å². The summed E-state index contributed by atoms with van der Waals surface area (Å²) >= 11 is 0. The summed E-state index contributed by atoms with van der Waals surface area (Å²) in [6.07, 6.45) is 8.71. The Morgan fingerprint density at radius 1 is 1.04 bits per heavy atom. The molecule has 0 unspecified atom stereocenters. The van der Waals surface area contributed by atoms with Crippen molar-refractivity contribution in [1.82, 2.24) is 15.1 Å². The molecular formula is C23H35N3O2. The van der Waals surface area contributed by atoms with Crippen LogP contribution >= 0.6 is 0 Å². The third-order valence-corrected chi connectivity index (χ3v) is 5.93. The topological polar surface area (TPSA) is 52.7 Å². The molecule has 0 radical (unpaired) electrons. The van der Waals surface area contributed by atoms with Crippen molar-refractivity contribution in [2.24, 2.45) is 0 Å². The number of aryl methyl sites for hydroxylation is 1. The van der Waals surface area contributed by atoms with Gasteiger partial charge in [-0.05, 0) is 57.2 Å². The van der Waals surface area contributed by atoms with E-state index in [1.807, 2.05) is 4.90 Å². The Morgan fingerprint density at radius 2 is 1.89 bits per heavy atom. The van der Waals surface area contributed by atoms with Crippen molar-refractivity contribution in [2.45, 2.75) is 63.8 Å².